The quantitative estimate of drug-likeness (QED) is 0.476. The minimum Gasteiger partial charge on any atom is -0.456 e. The van der Waals surface area contributed by atoms with E-state index in [0.717, 1.165) is 28.5 Å². The third-order valence-corrected chi connectivity index (χ3v) is 5.68. The molecule has 1 atom stereocenters. The molecule has 0 aliphatic carbocycles. The molecule has 0 saturated carbocycles. The van der Waals surface area contributed by atoms with E-state index in [2.05, 4.69) is 0 Å². The smallest absolute Gasteiger partial charge is 0.144 e. The SMILES string of the molecule is O=CC1C(c2cccc(Cl)c2)=C(c2ccc(C[SH](=O)=O)cc2)Oc2ccccc21. The number of carbonyl (C=O) groups is 1. The molecule has 0 spiro atoms. The zero-order valence-electron chi connectivity index (χ0n) is 15.2. The van der Waals surface area contributed by atoms with Crippen molar-refractivity contribution in [3.8, 4) is 5.75 Å². The highest BCUT2D eigenvalue weighted by Crippen LogP contribution is 2.46. The van der Waals surface area contributed by atoms with Crippen molar-refractivity contribution in [2.45, 2.75) is 11.7 Å². The molecule has 1 aliphatic rings. The summed E-state index contributed by atoms with van der Waals surface area (Å²) in [4.78, 5) is 12.2. The molecule has 3 aromatic rings. The van der Waals surface area contributed by atoms with Crippen molar-refractivity contribution < 1.29 is 17.9 Å². The van der Waals surface area contributed by atoms with E-state index in [1.54, 1.807) is 24.3 Å². The second-order valence-electron chi connectivity index (χ2n) is 6.69. The van der Waals surface area contributed by atoms with Gasteiger partial charge in [0.1, 0.15) is 28.5 Å². The number of ether oxygens (including phenoxy) is 1. The zero-order valence-corrected chi connectivity index (χ0v) is 16.9. The van der Waals surface area contributed by atoms with Crippen molar-refractivity contribution in [1.29, 1.82) is 0 Å². The standard InChI is InChI=1S/C23H17ClO4S/c24-18-5-3-4-17(12-18)22-20(13-25)19-6-1-2-7-21(19)28-23(22)16-10-8-15(9-11-16)14-29(26)27/h1-13,20,29H,14H2. The maximum Gasteiger partial charge on any atom is 0.144 e. The van der Waals surface area contributed by atoms with Gasteiger partial charge in [-0.25, -0.2) is 8.42 Å². The van der Waals surface area contributed by atoms with Crippen molar-refractivity contribution in [3.63, 3.8) is 0 Å². The molecule has 0 radical (unpaired) electrons. The van der Waals surface area contributed by atoms with Gasteiger partial charge in [-0.1, -0.05) is 66.2 Å². The number of thiol groups is 1. The fraction of sp³-hybridized carbons (Fsp3) is 0.0870. The van der Waals surface area contributed by atoms with E-state index in [4.69, 9.17) is 16.3 Å². The van der Waals surface area contributed by atoms with Crippen LogP contribution in [0.2, 0.25) is 5.02 Å². The summed E-state index contributed by atoms with van der Waals surface area (Å²) < 4.78 is 28.2. The number of hydrogen-bond acceptors (Lipinski definition) is 4. The Kier molecular flexibility index (Phi) is 5.51. The summed E-state index contributed by atoms with van der Waals surface area (Å²) in [6.45, 7) is 0. The number of benzene rings is 3. The Balaban J connectivity index is 1.91. The fourth-order valence-corrected chi connectivity index (χ4v) is 4.22. The Morgan fingerprint density at radius 2 is 1.69 bits per heavy atom. The molecule has 0 saturated heterocycles. The van der Waals surface area contributed by atoms with Crippen molar-refractivity contribution in [2.75, 3.05) is 0 Å². The summed E-state index contributed by atoms with van der Waals surface area (Å²) in [5.41, 5.74) is 3.76. The predicted molar refractivity (Wildman–Crippen MR) is 115 cm³/mol. The number of fused-ring (bicyclic) bond motifs is 1. The highest BCUT2D eigenvalue weighted by molar-refractivity contribution is 7.71. The fourth-order valence-electron chi connectivity index (χ4n) is 3.53. The van der Waals surface area contributed by atoms with Crippen LogP contribution in [0, 0.1) is 0 Å². The van der Waals surface area contributed by atoms with Crippen molar-refractivity contribution in [3.05, 3.63) is 100 Å². The average molecular weight is 425 g/mol. The van der Waals surface area contributed by atoms with E-state index >= 15 is 0 Å². The average Bonchev–Trinajstić information content (AvgIpc) is 2.72. The molecule has 0 fully saturated rings. The molecule has 4 rings (SSSR count). The lowest BCUT2D eigenvalue weighted by Gasteiger charge is -2.28. The minimum atomic E-state index is -2.50. The number of rotatable bonds is 5. The van der Waals surface area contributed by atoms with Crippen LogP contribution in [0.1, 0.15) is 28.2 Å². The number of halogens is 1. The molecular weight excluding hydrogens is 408 g/mol. The lowest BCUT2D eigenvalue weighted by molar-refractivity contribution is -0.108. The lowest BCUT2D eigenvalue weighted by atomic mass is 9.83. The maximum absolute atomic E-state index is 12.2. The van der Waals surface area contributed by atoms with Crippen LogP contribution in [0.4, 0.5) is 0 Å². The van der Waals surface area contributed by atoms with E-state index in [1.807, 2.05) is 48.5 Å². The Labute approximate surface area is 175 Å². The van der Waals surface area contributed by atoms with Crippen LogP contribution in [0.25, 0.3) is 11.3 Å². The van der Waals surface area contributed by atoms with E-state index in [9.17, 15) is 13.2 Å². The van der Waals surface area contributed by atoms with E-state index in [1.165, 1.54) is 0 Å². The van der Waals surface area contributed by atoms with Gasteiger partial charge in [0.05, 0.1) is 11.7 Å². The normalized spacial score (nSPS) is 15.7. The lowest BCUT2D eigenvalue weighted by Crippen LogP contribution is -2.15. The molecule has 0 aromatic heterocycles. The molecule has 3 aromatic carbocycles. The third-order valence-electron chi connectivity index (χ3n) is 4.82. The molecule has 0 N–H and O–H groups in total. The first-order chi connectivity index (χ1) is 14.1. The minimum absolute atomic E-state index is 0.0174. The van der Waals surface area contributed by atoms with Crippen LogP contribution in [0.5, 0.6) is 5.75 Å². The summed E-state index contributed by atoms with van der Waals surface area (Å²) in [5.74, 6) is 0.652. The molecule has 1 aliphatic heterocycles. The topological polar surface area (TPSA) is 60.4 Å². The molecule has 0 amide bonds. The van der Waals surface area contributed by atoms with Gasteiger partial charge in [-0.2, -0.15) is 0 Å². The highest BCUT2D eigenvalue weighted by Gasteiger charge is 2.31. The van der Waals surface area contributed by atoms with Gasteiger partial charge in [-0.3, -0.25) is 0 Å². The highest BCUT2D eigenvalue weighted by atomic mass is 35.5. The summed E-state index contributed by atoms with van der Waals surface area (Å²) in [6, 6.07) is 21.9. The predicted octanol–water partition coefficient (Wildman–Crippen LogP) is 4.69. The summed E-state index contributed by atoms with van der Waals surface area (Å²) >= 11 is 6.21. The van der Waals surface area contributed by atoms with Crippen LogP contribution >= 0.6 is 11.6 Å². The molecule has 1 heterocycles. The van der Waals surface area contributed by atoms with Gasteiger partial charge in [0.15, 0.2) is 0 Å². The summed E-state index contributed by atoms with van der Waals surface area (Å²) in [6.07, 6.45) is 0.911. The summed E-state index contributed by atoms with van der Waals surface area (Å²) in [7, 11) is -2.50. The van der Waals surface area contributed by atoms with Crippen LogP contribution in [0.15, 0.2) is 72.8 Å². The molecule has 146 valence electrons. The molecule has 1 unspecified atom stereocenters. The molecule has 29 heavy (non-hydrogen) atoms. The van der Waals surface area contributed by atoms with E-state index in [-0.39, 0.29) is 5.75 Å². The van der Waals surface area contributed by atoms with Gasteiger partial charge in [-0.15, -0.1) is 0 Å². The first kappa shape index (κ1) is 19.4. The molecular formula is C23H17ClO4S. The van der Waals surface area contributed by atoms with E-state index < -0.39 is 16.6 Å². The zero-order chi connectivity index (χ0) is 20.4. The van der Waals surface area contributed by atoms with Crippen LogP contribution in [-0.2, 0) is 21.3 Å². The Bertz CT molecular complexity index is 1170. The number of hydrogen-bond donors (Lipinski definition) is 1. The van der Waals surface area contributed by atoms with Gasteiger partial charge in [-0.05, 0) is 29.3 Å². The second kappa shape index (κ2) is 8.23. The van der Waals surface area contributed by atoms with Gasteiger partial charge in [0.2, 0.25) is 0 Å². The van der Waals surface area contributed by atoms with Crippen molar-refractivity contribution in [2.24, 2.45) is 0 Å². The Morgan fingerprint density at radius 1 is 0.931 bits per heavy atom. The number of para-hydroxylation sites is 1. The van der Waals surface area contributed by atoms with Crippen LogP contribution < -0.4 is 4.74 Å². The Morgan fingerprint density at radius 3 is 2.38 bits per heavy atom. The first-order valence-electron chi connectivity index (χ1n) is 9.00. The van der Waals surface area contributed by atoms with Gasteiger partial charge < -0.3 is 9.53 Å². The monoisotopic (exact) mass is 424 g/mol. The van der Waals surface area contributed by atoms with Crippen molar-refractivity contribution in [1.82, 2.24) is 0 Å². The molecule has 4 nitrogen and oxygen atoms in total. The van der Waals surface area contributed by atoms with Gasteiger partial charge in [0.25, 0.3) is 0 Å². The maximum atomic E-state index is 12.2. The Hall–Kier alpha value is -2.89. The number of carbonyl (C=O) groups excluding carboxylic acids is 1. The molecule has 6 heteroatoms. The second-order valence-corrected chi connectivity index (χ2v) is 8.11. The van der Waals surface area contributed by atoms with Crippen LogP contribution in [0.3, 0.4) is 0 Å². The first-order valence-corrected chi connectivity index (χ1v) is 10.7. The summed E-state index contributed by atoms with van der Waals surface area (Å²) in [5, 5.41) is 0.562. The largest absolute Gasteiger partial charge is 0.456 e. The molecule has 0 bridgehead atoms. The third kappa shape index (κ3) is 3.97. The number of allylic oxidation sites excluding steroid dienone is 1. The van der Waals surface area contributed by atoms with E-state index in [0.29, 0.717) is 22.1 Å². The van der Waals surface area contributed by atoms with Crippen molar-refractivity contribution >= 4 is 39.9 Å². The number of aldehydes is 1. The van der Waals surface area contributed by atoms with Crippen LogP contribution in [-0.4, -0.2) is 14.7 Å². The van der Waals surface area contributed by atoms with Gasteiger partial charge in [0, 0.05) is 21.7 Å². The van der Waals surface area contributed by atoms with Gasteiger partial charge >= 0.3 is 0 Å².